The van der Waals surface area contributed by atoms with Crippen molar-refractivity contribution in [2.45, 2.75) is 19.9 Å². The summed E-state index contributed by atoms with van der Waals surface area (Å²) >= 11 is 5.86. The van der Waals surface area contributed by atoms with Crippen molar-refractivity contribution in [2.75, 3.05) is 5.43 Å². The number of halogens is 1. The number of hydrazine groups is 1. The first-order valence-corrected chi connectivity index (χ1v) is 7.02. The molecule has 0 bridgehead atoms. The van der Waals surface area contributed by atoms with Crippen LogP contribution in [0, 0.1) is 6.92 Å². The van der Waals surface area contributed by atoms with E-state index in [1.54, 1.807) is 12.1 Å². The van der Waals surface area contributed by atoms with Crippen molar-refractivity contribution < 1.29 is 4.79 Å². The molecule has 0 radical (unpaired) electrons. The van der Waals surface area contributed by atoms with Gasteiger partial charge in [0.1, 0.15) is 0 Å². The Bertz CT molecular complexity index is 640. The van der Waals surface area contributed by atoms with Crippen molar-refractivity contribution >= 4 is 23.2 Å². The molecule has 1 unspecified atom stereocenters. The average molecular weight is 304 g/mol. The fourth-order valence-corrected chi connectivity index (χ4v) is 2.24. The topological polar surface area (TPSA) is 67.1 Å². The zero-order chi connectivity index (χ0) is 15.4. The highest BCUT2D eigenvalue weighted by Gasteiger charge is 2.13. The van der Waals surface area contributed by atoms with Crippen LogP contribution in [0.1, 0.15) is 34.5 Å². The minimum Gasteiger partial charge on any atom is -0.346 e. The third-order valence-electron chi connectivity index (χ3n) is 3.36. The second kappa shape index (κ2) is 6.61. The van der Waals surface area contributed by atoms with Gasteiger partial charge in [-0.2, -0.15) is 0 Å². The zero-order valence-corrected chi connectivity index (χ0v) is 12.7. The van der Waals surface area contributed by atoms with E-state index in [9.17, 15) is 4.79 Å². The van der Waals surface area contributed by atoms with E-state index in [1.165, 1.54) is 0 Å². The molecule has 0 aliphatic rings. The summed E-state index contributed by atoms with van der Waals surface area (Å²) in [5, 5.41) is 3.66. The quantitative estimate of drug-likeness (QED) is 0.599. The van der Waals surface area contributed by atoms with Gasteiger partial charge < -0.3 is 10.7 Å². The number of hydrogen-bond acceptors (Lipinski definition) is 3. The van der Waals surface area contributed by atoms with Crippen molar-refractivity contribution in [2.24, 2.45) is 5.84 Å². The van der Waals surface area contributed by atoms with Crippen molar-refractivity contribution in [1.29, 1.82) is 0 Å². The van der Waals surface area contributed by atoms with Gasteiger partial charge in [0.25, 0.3) is 5.91 Å². The van der Waals surface area contributed by atoms with Gasteiger partial charge in [0, 0.05) is 16.3 Å². The monoisotopic (exact) mass is 303 g/mol. The number of hydrogen-bond donors (Lipinski definition) is 3. The molecular formula is C16H18ClN3O. The van der Waals surface area contributed by atoms with Crippen LogP contribution in [-0.2, 0) is 0 Å². The number of nitrogens with one attached hydrogen (secondary N) is 2. The van der Waals surface area contributed by atoms with Crippen molar-refractivity contribution in [3.05, 3.63) is 64.2 Å². The molecule has 2 rings (SSSR count). The largest absolute Gasteiger partial charge is 0.346 e. The second-order valence-corrected chi connectivity index (χ2v) is 5.36. The smallest absolute Gasteiger partial charge is 0.252 e. The molecule has 0 saturated carbocycles. The van der Waals surface area contributed by atoms with Gasteiger partial charge in [-0.25, -0.2) is 0 Å². The summed E-state index contributed by atoms with van der Waals surface area (Å²) in [5.41, 5.74) is 5.84. The maximum absolute atomic E-state index is 12.3. The summed E-state index contributed by atoms with van der Waals surface area (Å²) in [6.07, 6.45) is 0. The minimum atomic E-state index is -0.112. The maximum Gasteiger partial charge on any atom is 0.252 e. The third-order valence-corrected chi connectivity index (χ3v) is 3.61. The Labute approximate surface area is 129 Å². The van der Waals surface area contributed by atoms with Crippen LogP contribution in [0.3, 0.4) is 0 Å². The lowest BCUT2D eigenvalue weighted by Crippen LogP contribution is -2.27. The van der Waals surface area contributed by atoms with Crippen LogP contribution in [0.15, 0.2) is 42.5 Å². The first-order chi connectivity index (χ1) is 10.0. The predicted molar refractivity (Wildman–Crippen MR) is 86.3 cm³/mol. The molecule has 0 heterocycles. The summed E-state index contributed by atoms with van der Waals surface area (Å²) in [5.74, 6) is 5.24. The number of aryl methyl sites for hydroxylation is 1. The number of anilines is 1. The van der Waals surface area contributed by atoms with E-state index in [4.69, 9.17) is 17.4 Å². The highest BCUT2D eigenvalue weighted by atomic mass is 35.5. The van der Waals surface area contributed by atoms with Gasteiger partial charge >= 0.3 is 0 Å². The molecule has 2 aromatic carbocycles. The lowest BCUT2D eigenvalue weighted by atomic mass is 10.1. The molecule has 0 aliphatic carbocycles. The maximum atomic E-state index is 12.3. The first-order valence-electron chi connectivity index (χ1n) is 6.65. The first kappa shape index (κ1) is 15.4. The molecule has 0 spiro atoms. The summed E-state index contributed by atoms with van der Waals surface area (Å²) in [4.78, 5) is 12.3. The lowest BCUT2D eigenvalue weighted by molar-refractivity contribution is 0.0939. The van der Waals surface area contributed by atoms with Crippen LogP contribution >= 0.6 is 11.6 Å². The highest BCUT2D eigenvalue weighted by molar-refractivity contribution is 6.30. The summed E-state index contributed by atoms with van der Waals surface area (Å²) in [6.45, 7) is 3.81. The minimum absolute atomic E-state index is 0.0959. The van der Waals surface area contributed by atoms with Crippen LogP contribution in [0.4, 0.5) is 5.69 Å². The molecule has 5 heteroatoms. The Morgan fingerprint density at radius 3 is 2.43 bits per heavy atom. The highest BCUT2D eigenvalue weighted by Crippen LogP contribution is 2.18. The molecule has 4 nitrogen and oxygen atoms in total. The second-order valence-electron chi connectivity index (χ2n) is 4.92. The molecule has 0 saturated heterocycles. The molecule has 1 atom stereocenters. The van der Waals surface area contributed by atoms with E-state index in [0.717, 1.165) is 16.8 Å². The van der Waals surface area contributed by atoms with Gasteiger partial charge in [0.15, 0.2) is 0 Å². The van der Waals surface area contributed by atoms with Gasteiger partial charge in [0.05, 0.1) is 6.04 Å². The molecule has 110 valence electrons. The van der Waals surface area contributed by atoms with Gasteiger partial charge in [-0.3, -0.25) is 10.6 Å². The molecule has 0 aliphatic heterocycles. The third kappa shape index (κ3) is 3.74. The van der Waals surface area contributed by atoms with Gasteiger partial charge in [-0.05, 0) is 55.3 Å². The van der Waals surface area contributed by atoms with Crippen molar-refractivity contribution in [3.63, 3.8) is 0 Å². The van der Waals surface area contributed by atoms with Gasteiger partial charge in [-0.1, -0.05) is 23.7 Å². The Kier molecular flexibility index (Phi) is 4.83. The van der Waals surface area contributed by atoms with E-state index in [0.29, 0.717) is 10.6 Å². The summed E-state index contributed by atoms with van der Waals surface area (Å²) < 4.78 is 0. The van der Waals surface area contributed by atoms with Crippen LogP contribution < -0.4 is 16.6 Å². The summed E-state index contributed by atoms with van der Waals surface area (Å²) in [6, 6.07) is 12.7. The Morgan fingerprint density at radius 1 is 1.19 bits per heavy atom. The standard InChI is InChI=1S/C16H18ClN3O/c1-10-9-14(20-18)7-8-15(10)16(21)19-11(2)12-3-5-13(17)6-4-12/h3-9,11,20H,18H2,1-2H3,(H,19,21). The van der Waals surface area contributed by atoms with E-state index < -0.39 is 0 Å². The number of benzene rings is 2. The van der Waals surface area contributed by atoms with Crippen LogP contribution in [-0.4, -0.2) is 5.91 Å². The SMILES string of the molecule is Cc1cc(NN)ccc1C(=O)NC(C)c1ccc(Cl)cc1. The molecular weight excluding hydrogens is 286 g/mol. The van der Waals surface area contributed by atoms with Crippen molar-refractivity contribution in [1.82, 2.24) is 5.32 Å². The molecule has 1 amide bonds. The van der Waals surface area contributed by atoms with Crippen LogP contribution in [0.5, 0.6) is 0 Å². The van der Waals surface area contributed by atoms with E-state index in [1.807, 2.05) is 44.2 Å². The molecule has 4 N–H and O–H groups in total. The number of carbonyl (C=O) groups is 1. The van der Waals surface area contributed by atoms with Gasteiger partial charge in [0.2, 0.25) is 0 Å². The molecule has 0 fully saturated rings. The molecule has 0 aromatic heterocycles. The molecule has 21 heavy (non-hydrogen) atoms. The van der Waals surface area contributed by atoms with Gasteiger partial charge in [-0.15, -0.1) is 0 Å². The Hall–Kier alpha value is -2.04. The van der Waals surface area contributed by atoms with Crippen molar-refractivity contribution in [3.8, 4) is 0 Å². The predicted octanol–water partition coefficient (Wildman–Crippen LogP) is 3.43. The van der Waals surface area contributed by atoms with E-state index >= 15 is 0 Å². The number of amides is 1. The number of carbonyl (C=O) groups excluding carboxylic acids is 1. The fraction of sp³-hybridized carbons (Fsp3) is 0.188. The Morgan fingerprint density at radius 2 is 1.86 bits per heavy atom. The number of rotatable bonds is 4. The average Bonchev–Trinajstić information content (AvgIpc) is 2.47. The normalized spacial score (nSPS) is 11.8. The van der Waals surface area contributed by atoms with Crippen LogP contribution in [0.25, 0.3) is 0 Å². The van der Waals surface area contributed by atoms with Crippen LogP contribution in [0.2, 0.25) is 5.02 Å². The summed E-state index contributed by atoms with van der Waals surface area (Å²) in [7, 11) is 0. The van der Waals surface area contributed by atoms with E-state index in [2.05, 4.69) is 10.7 Å². The molecule has 2 aromatic rings. The Balaban J connectivity index is 2.12. The number of nitrogens with two attached hydrogens (primary N) is 1. The lowest BCUT2D eigenvalue weighted by Gasteiger charge is -2.16. The van der Waals surface area contributed by atoms with E-state index in [-0.39, 0.29) is 11.9 Å². The zero-order valence-electron chi connectivity index (χ0n) is 12.0. The fourth-order valence-electron chi connectivity index (χ4n) is 2.12. The number of nitrogen functional groups attached to an aromatic ring is 1.